The zero-order chi connectivity index (χ0) is 27.2. The van der Waals surface area contributed by atoms with Crippen molar-refractivity contribution in [1.82, 2.24) is 4.31 Å². The van der Waals surface area contributed by atoms with Crippen molar-refractivity contribution < 1.29 is 22.7 Å². The number of piperidine rings is 1. The minimum atomic E-state index is -4.10. The smallest absolute Gasteiger partial charge is 0.258 e. The summed E-state index contributed by atoms with van der Waals surface area (Å²) in [7, 11) is -2.48. The molecule has 5 rings (SSSR count). The predicted octanol–water partition coefficient (Wildman–Crippen LogP) is 6.15. The number of nitrogens with zero attached hydrogens (tertiary/aromatic N) is 2. The quantitative estimate of drug-likeness (QED) is 0.293. The zero-order valence-electron chi connectivity index (χ0n) is 20.3. The Kier molecular flexibility index (Phi) is 8.08. The van der Waals surface area contributed by atoms with E-state index in [1.165, 1.54) is 4.31 Å². The third-order valence-corrected chi connectivity index (χ3v) is 12.2. The van der Waals surface area contributed by atoms with Gasteiger partial charge in [0.1, 0.15) is 19.6 Å². The first-order chi connectivity index (χ1) is 18.2. The number of halogens is 3. The van der Waals surface area contributed by atoms with Crippen molar-refractivity contribution in [2.75, 3.05) is 37.0 Å². The second-order valence-electron chi connectivity index (χ2n) is 9.07. The van der Waals surface area contributed by atoms with E-state index in [2.05, 4.69) is 21.2 Å². The number of hydrogen-bond acceptors (Lipinski definition) is 6. The Labute approximate surface area is 243 Å². The summed E-state index contributed by atoms with van der Waals surface area (Å²) in [6.45, 7) is 1.24. The molecule has 1 N–H and O–H groups in total. The number of carbonyl (C=O) groups is 2. The van der Waals surface area contributed by atoms with Crippen LogP contribution in [0.15, 0.2) is 39.7 Å². The van der Waals surface area contributed by atoms with Gasteiger partial charge in [-0.25, -0.2) is 8.42 Å². The lowest BCUT2D eigenvalue weighted by molar-refractivity contribution is -0.120. The van der Waals surface area contributed by atoms with Crippen molar-refractivity contribution in [2.24, 2.45) is 0 Å². The molecule has 13 heteroatoms. The van der Waals surface area contributed by atoms with Crippen LogP contribution in [0, 0.1) is 0 Å². The van der Waals surface area contributed by atoms with Crippen molar-refractivity contribution in [3.05, 3.63) is 49.0 Å². The second-order valence-corrected chi connectivity index (χ2v) is 13.9. The first-order valence-corrected chi connectivity index (χ1v) is 15.8. The van der Waals surface area contributed by atoms with E-state index in [4.69, 9.17) is 27.9 Å². The number of carbonyl (C=O) groups excluding carboxylic acids is 2. The van der Waals surface area contributed by atoms with Crippen molar-refractivity contribution in [3.63, 3.8) is 0 Å². The van der Waals surface area contributed by atoms with E-state index in [0.29, 0.717) is 50.1 Å². The van der Waals surface area contributed by atoms with E-state index in [9.17, 15) is 18.0 Å². The predicted molar refractivity (Wildman–Crippen MR) is 154 cm³/mol. The average molecular weight is 661 g/mol. The summed E-state index contributed by atoms with van der Waals surface area (Å²) < 4.78 is 34.1. The summed E-state index contributed by atoms with van der Waals surface area (Å²) in [5.74, 6) is -0.532. The monoisotopic (exact) mass is 659 g/mol. The lowest BCUT2D eigenvalue weighted by Crippen LogP contribution is -2.49. The van der Waals surface area contributed by atoms with Gasteiger partial charge >= 0.3 is 0 Å². The Balaban J connectivity index is 1.46. The van der Waals surface area contributed by atoms with Gasteiger partial charge < -0.3 is 15.0 Å². The molecule has 2 aliphatic rings. The molecular weight excluding hydrogens is 637 g/mol. The van der Waals surface area contributed by atoms with Crippen LogP contribution in [0.1, 0.15) is 36.0 Å². The normalized spacial score (nSPS) is 17.9. The maximum absolute atomic E-state index is 13.6. The summed E-state index contributed by atoms with van der Waals surface area (Å²) in [6.07, 6.45) is 2.39. The summed E-state index contributed by atoms with van der Waals surface area (Å²) in [6, 6.07) is 8.06. The zero-order valence-corrected chi connectivity index (χ0v) is 25.0. The number of anilines is 2. The summed E-state index contributed by atoms with van der Waals surface area (Å²) in [4.78, 5) is 28.3. The van der Waals surface area contributed by atoms with Gasteiger partial charge in [0.25, 0.3) is 5.91 Å². The molecule has 1 atom stereocenters. The fraction of sp³-hybridized carbons (Fsp3) is 0.360. The summed E-state index contributed by atoms with van der Waals surface area (Å²) in [5.41, 5.74) is 1.87. The Bertz CT molecular complexity index is 1550. The molecule has 2 amide bonds. The highest BCUT2D eigenvalue weighted by Gasteiger charge is 2.41. The number of rotatable bonds is 8. The lowest BCUT2D eigenvalue weighted by Gasteiger charge is -2.33. The first kappa shape index (κ1) is 27.8. The molecule has 1 saturated heterocycles. The van der Waals surface area contributed by atoms with E-state index >= 15 is 0 Å². The number of hydrogen-bond donors (Lipinski definition) is 1. The number of thiophene rings is 1. The first-order valence-electron chi connectivity index (χ1n) is 12.0. The van der Waals surface area contributed by atoms with Crippen LogP contribution in [-0.4, -0.2) is 57.4 Å². The molecule has 202 valence electrons. The number of sulfonamides is 1. The van der Waals surface area contributed by atoms with Crippen LogP contribution in [0.25, 0.3) is 10.8 Å². The standard InChI is InChI=1S/C25H24BrCl2N3O5S2/c1-36-13-5-11-30-17-10-9-16(14-6-4-7-15(19(14)17)25(30)33)29-24(32)18-8-2-3-12-31(18)38(34,35)21-20(26)22(27)37-23(21)28/h4,6-7,9-10,18H,2-3,5,8,11-13H2,1H3,(H,29,32). The Hall–Kier alpha value is -1.73. The largest absolute Gasteiger partial charge is 0.385 e. The van der Waals surface area contributed by atoms with Gasteiger partial charge in [0.15, 0.2) is 0 Å². The van der Waals surface area contributed by atoms with Crippen molar-refractivity contribution in [3.8, 4) is 0 Å². The molecule has 0 spiro atoms. The van der Waals surface area contributed by atoms with Crippen LogP contribution in [0.2, 0.25) is 8.67 Å². The van der Waals surface area contributed by atoms with Crippen LogP contribution >= 0.6 is 50.5 Å². The fourth-order valence-electron chi connectivity index (χ4n) is 5.09. The summed E-state index contributed by atoms with van der Waals surface area (Å²) >= 11 is 16.5. The van der Waals surface area contributed by atoms with Crippen molar-refractivity contribution in [2.45, 2.75) is 36.6 Å². The van der Waals surface area contributed by atoms with E-state index in [-0.39, 0.29) is 30.5 Å². The number of amides is 2. The molecule has 0 bridgehead atoms. The molecule has 2 aliphatic heterocycles. The van der Waals surface area contributed by atoms with Crippen LogP contribution in [0.4, 0.5) is 11.4 Å². The highest BCUT2D eigenvalue weighted by Crippen LogP contribution is 2.45. The van der Waals surface area contributed by atoms with Gasteiger partial charge in [-0.15, -0.1) is 11.3 Å². The fourth-order valence-corrected chi connectivity index (χ4v) is 10.2. The van der Waals surface area contributed by atoms with Crippen LogP contribution < -0.4 is 10.2 Å². The molecule has 2 aromatic carbocycles. The molecule has 0 radical (unpaired) electrons. The summed E-state index contributed by atoms with van der Waals surface area (Å²) in [5, 5.41) is 4.43. The molecular formula is C25H24BrCl2N3O5S2. The lowest BCUT2D eigenvalue weighted by atomic mass is 10.0. The third-order valence-electron chi connectivity index (χ3n) is 6.83. The van der Waals surface area contributed by atoms with Gasteiger partial charge in [0.2, 0.25) is 15.9 Å². The molecule has 0 saturated carbocycles. The van der Waals surface area contributed by atoms with Crippen LogP contribution in [0.5, 0.6) is 0 Å². The molecule has 8 nitrogen and oxygen atoms in total. The molecule has 1 aromatic heterocycles. The van der Waals surface area contributed by atoms with E-state index in [0.717, 1.165) is 27.8 Å². The number of nitrogens with one attached hydrogen (secondary N) is 1. The number of ether oxygens (including phenoxy) is 1. The average Bonchev–Trinajstić information content (AvgIpc) is 3.33. The Morgan fingerprint density at radius 3 is 2.71 bits per heavy atom. The minimum absolute atomic E-state index is 0.0406. The third kappa shape index (κ3) is 4.76. The molecule has 3 heterocycles. The minimum Gasteiger partial charge on any atom is -0.385 e. The Morgan fingerprint density at radius 2 is 2.00 bits per heavy atom. The number of benzene rings is 2. The second kappa shape index (κ2) is 11.0. The number of methoxy groups -OCH3 is 1. The SMILES string of the molecule is COCCCN1C(=O)c2cccc3c(NC(=O)C4CCCCN4S(=O)(=O)c4c(Cl)sc(Cl)c4Br)ccc1c23. The van der Waals surface area contributed by atoms with E-state index in [1.807, 2.05) is 12.1 Å². The maximum Gasteiger partial charge on any atom is 0.258 e. The molecule has 3 aromatic rings. The maximum atomic E-state index is 13.6. The molecule has 1 unspecified atom stereocenters. The van der Waals surface area contributed by atoms with Crippen LogP contribution in [-0.2, 0) is 19.6 Å². The molecule has 1 fully saturated rings. The van der Waals surface area contributed by atoms with E-state index < -0.39 is 22.0 Å². The molecule has 0 aliphatic carbocycles. The van der Waals surface area contributed by atoms with Gasteiger partial charge in [-0.3, -0.25) is 9.59 Å². The van der Waals surface area contributed by atoms with Crippen LogP contribution in [0.3, 0.4) is 0 Å². The van der Waals surface area contributed by atoms with Gasteiger partial charge in [-0.1, -0.05) is 41.8 Å². The Morgan fingerprint density at radius 1 is 1.21 bits per heavy atom. The van der Waals surface area contributed by atoms with Gasteiger partial charge in [-0.05, 0) is 53.4 Å². The van der Waals surface area contributed by atoms with Crippen molar-refractivity contribution in [1.29, 1.82) is 0 Å². The van der Waals surface area contributed by atoms with Gasteiger partial charge in [-0.2, -0.15) is 4.31 Å². The van der Waals surface area contributed by atoms with Crippen molar-refractivity contribution >= 4 is 94.5 Å². The van der Waals surface area contributed by atoms with Gasteiger partial charge in [0.05, 0.1) is 10.2 Å². The molecule has 38 heavy (non-hydrogen) atoms. The van der Waals surface area contributed by atoms with Gasteiger partial charge in [0, 0.05) is 48.8 Å². The topological polar surface area (TPSA) is 96.0 Å². The highest BCUT2D eigenvalue weighted by molar-refractivity contribution is 9.10. The highest BCUT2D eigenvalue weighted by atomic mass is 79.9. The van der Waals surface area contributed by atoms with E-state index in [1.54, 1.807) is 30.2 Å².